The molecular weight excluding hydrogens is 394 g/mol. The summed E-state index contributed by atoms with van der Waals surface area (Å²) in [6.07, 6.45) is 1.17. The van der Waals surface area contributed by atoms with E-state index in [0.717, 1.165) is 16.3 Å². The molecule has 0 spiro atoms. The molecule has 0 bridgehead atoms. The van der Waals surface area contributed by atoms with Gasteiger partial charge in [0.2, 0.25) is 5.91 Å². The number of aliphatic hydroxyl groups is 1. The van der Waals surface area contributed by atoms with Gasteiger partial charge in [-0.3, -0.25) is 9.69 Å². The minimum atomic E-state index is -2.58. The third kappa shape index (κ3) is 3.98. The molecule has 3 N–H and O–H groups in total. The molecule has 2 fully saturated rings. The molecule has 1 unspecified atom stereocenters. The van der Waals surface area contributed by atoms with Gasteiger partial charge in [0.15, 0.2) is 5.13 Å². The Balaban J connectivity index is 1.29. The maximum Gasteiger partial charge on any atom is 0.261 e. The zero-order valence-electron chi connectivity index (χ0n) is 14.9. The van der Waals surface area contributed by atoms with Crippen LogP contribution in [-0.4, -0.2) is 57.9 Å². The van der Waals surface area contributed by atoms with Crippen molar-refractivity contribution in [2.45, 2.75) is 43.5 Å². The van der Waals surface area contributed by atoms with Crippen LogP contribution in [0.3, 0.4) is 0 Å². The van der Waals surface area contributed by atoms with Gasteiger partial charge in [-0.1, -0.05) is 11.8 Å². The molecule has 0 radical (unpaired) electrons. The average Bonchev–Trinajstić information content (AvgIpc) is 3.25. The summed E-state index contributed by atoms with van der Waals surface area (Å²) < 4.78 is 26.6. The molecule has 1 aromatic heterocycles. The molecule has 1 aliphatic carbocycles. The van der Waals surface area contributed by atoms with Gasteiger partial charge < -0.3 is 15.7 Å². The fourth-order valence-electron chi connectivity index (χ4n) is 3.72. The highest BCUT2D eigenvalue weighted by molar-refractivity contribution is 8.09. The first-order valence-corrected chi connectivity index (χ1v) is 10.7. The summed E-state index contributed by atoms with van der Waals surface area (Å²) in [6.45, 7) is 2.20. The molecule has 1 aromatic rings. The van der Waals surface area contributed by atoms with E-state index in [1.54, 1.807) is 0 Å². The summed E-state index contributed by atoms with van der Waals surface area (Å²) in [5.74, 6) is -2.81. The summed E-state index contributed by atoms with van der Waals surface area (Å²) in [7, 11) is 0. The van der Waals surface area contributed by atoms with Gasteiger partial charge in [0.25, 0.3) is 5.92 Å². The van der Waals surface area contributed by atoms with E-state index in [4.69, 9.17) is 0 Å². The number of carbonyl (C=O) groups is 1. The van der Waals surface area contributed by atoms with Crippen molar-refractivity contribution in [3.8, 4) is 0 Å². The third-order valence-electron chi connectivity index (χ3n) is 5.31. The number of aromatic nitrogens is 1. The monoisotopic (exact) mass is 416 g/mol. The fourth-order valence-corrected chi connectivity index (χ4v) is 5.55. The lowest BCUT2D eigenvalue weighted by Crippen LogP contribution is -2.48. The average molecular weight is 417 g/mol. The molecule has 1 amide bonds. The molecule has 1 atom stereocenters. The molecular formula is C17H22F2N4O2S2. The summed E-state index contributed by atoms with van der Waals surface area (Å²) >= 11 is 2.89. The van der Waals surface area contributed by atoms with E-state index in [-0.39, 0.29) is 42.8 Å². The largest absolute Gasteiger partial charge is 0.393 e. The van der Waals surface area contributed by atoms with Crippen molar-refractivity contribution in [3.05, 3.63) is 16.8 Å². The van der Waals surface area contributed by atoms with Crippen LogP contribution >= 0.6 is 23.1 Å². The Labute approximate surface area is 164 Å². The van der Waals surface area contributed by atoms with Gasteiger partial charge >= 0.3 is 0 Å². The smallest absolute Gasteiger partial charge is 0.261 e. The number of allylic oxidation sites excluding steroid dienone is 1. The van der Waals surface area contributed by atoms with Crippen LogP contribution in [0.15, 0.2) is 11.1 Å². The first-order chi connectivity index (χ1) is 12.8. The number of hydrogen-bond donors (Lipinski definition) is 3. The van der Waals surface area contributed by atoms with Gasteiger partial charge in [-0.05, 0) is 19.8 Å². The molecule has 0 aromatic carbocycles. The number of anilines is 1. The summed E-state index contributed by atoms with van der Waals surface area (Å²) in [5, 5.41) is 17.7. The molecule has 2 aliphatic heterocycles. The first kappa shape index (κ1) is 19.1. The third-order valence-corrected chi connectivity index (χ3v) is 7.37. The maximum absolute atomic E-state index is 13.3. The summed E-state index contributed by atoms with van der Waals surface area (Å²) in [5.41, 5.74) is 1.75. The van der Waals surface area contributed by atoms with Gasteiger partial charge in [-0.15, -0.1) is 11.3 Å². The minimum Gasteiger partial charge on any atom is -0.393 e. The van der Waals surface area contributed by atoms with Crippen LogP contribution in [0, 0.1) is 5.92 Å². The number of alkyl halides is 2. The fraction of sp³-hybridized carbons (Fsp3) is 0.647. The van der Waals surface area contributed by atoms with Crippen LogP contribution in [0.1, 0.15) is 31.9 Å². The van der Waals surface area contributed by atoms with Crippen molar-refractivity contribution in [3.63, 3.8) is 0 Å². The number of nitrogens with one attached hydrogen (secondary N) is 2. The molecule has 4 rings (SSSR count). The number of likely N-dealkylation sites (tertiary alicyclic amines) is 1. The van der Waals surface area contributed by atoms with E-state index < -0.39 is 5.92 Å². The van der Waals surface area contributed by atoms with Gasteiger partial charge in [0.05, 0.1) is 23.8 Å². The second-order valence-corrected chi connectivity index (χ2v) is 9.38. The number of halogens is 2. The molecule has 1 saturated carbocycles. The lowest BCUT2D eigenvalue weighted by atomic mass is 9.79. The van der Waals surface area contributed by atoms with Crippen LogP contribution in [0.5, 0.6) is 0 Å². The van der Waals surface area contributed by atoms with Crippen molar-refractivity contribution in [1.82, 2.24) is 15.2 Å². The lowest BCUT2D eigenvalue weighted by Gasteiger charge is -2.40. The van der Waals surface area contributed by atoms with E-state index in [0.29, 0.717) is 24.5 Å². The minimum absolute atomic E-state index is 0.0328. The number of aliphatic hydroxyl groups excluding tert-OH is 1. The Kier molecular flexibility index (Phi) is 5.17. The number of nitrogens with zero attached hydrogens (tertiary/aromatic N) is 2. The van der Waals surface area contributed by atoms with Gasteiger partial charge in [0, 0.05) is 36.0 Å². The Hall–Kier alpha value is -1.23. The van der Waals surface area contributed by atoms with Crippen molar-refractivity contribution in [1.29, 1.82) is 0 Å². The maximum atomic E-state index is 13.3. The second kappa shape index (κ2) is 7.31. The number of thioether (sulfide) groups is 1. The lowest BCUT2D eigenvalue weighted by molar-refractivity contribution is -0.124. The Bertz CT molecular complexity index is 764. The molecule has 10 heteroatoms. The van der Waals surface area contributed by atoms with Crippen LogP contribution in [0.25, 0.3) is 4.91 Å². The Morgan fingerprint density at radius 2 is 2.30 bits per heavy atom. The Morgan fingerprint density at radius 1 is 1.52 bits per heavy atom. The van der Waals surface area contributed by atoms with Crippen molar-refractivity contribution in [2.75, 3.05) is 25.0 Å². The number of rotatable bonds is 5. The van der Waals surface area contributed by atoms with E-state index in [1.807, 2.05) is 17.2 Å². The van der Waals surface area contributed by atoms with Gasteiger partial charge in [-0.25, -0.2) is 13.8 Å². The van der Waals surface area contributed by atoms with Crippen LogP contribution in [-0.2, 0) is 4.79 Å². The highest BCUT2D eigenvalue weighted by Gasteiger charge is 2.46. The topological polar surface area (TPSA) is 77.5 Å². The van der Waals surface area contributed by atoms with Gasteiger partial charge in [0.1, 0.15) is 5.37 Å². The molecule has 1 saturated heterocycles. The molecule has 27 heavy (non-hydrogen) atoms. The van der Waals surface area contributed by atoms with Crippen molar-refractivity contribution < 1.29 is 18.7 Å². The summed E-state index contributed by atoms with van der Waals surface area (Å²) in [4.78, 5) is 19.7. The quantitative estimate of drug-likeness (QED) is 0.685. The molecule has 148 valence electrons. The Morgan fingerprint density at radius 3 is 2.93 bits per heavy atom. The van der Waals surface area contributed by atoms with E-state index in [1.165, 1.54) is 23.1 Å². The number of thiazole rings is 1. The number of amides is 1. The molecule has 6 nitrogen and oxygen atoms in total. The molecule has 3 aliphatic rings. The SMILES string of the molecule is CC1=C(c2csc(NC(=O)C3CC(N4CCC(F)(F)C4)C3)n2)SC(CO)N1. The van der Waals surface area contributed by atoms with Gasteiger partial charge in [-0.2, -0.15) is 0 Å². The number of carbonyl (C=O) groups excluding carboxylic acids is 1. The van der Waals surface area contributed by atoms with E-state index in [9.17, 15) is 18.7 Å². The first-order valence-electron chi connectivity index (χ1n) is 8.98. The second-order valence-electron chi connectivity index (χ2n) is 7.31. The number of hydrogen-bond acceptors (Lipinski definition) is 7. The van der Waals surface area contributed by atoms with Crippen molar-refractivity contribution >= 4 is 39.0 Å². The van der Waals surface area contributed by atoms with Crippen LogP contribution in [0.2, 0.25) is 0 Å². The summed E-state index contributed by atoms with van der Waals surface area (Å²) in [6, 6.07) is 0.0881. The highest BCUT2D eigenvalue weighted by Crippen LogP contribution is 2.40. The predicted molar refractivity (Wildman–Crippen MR) is 103 cm³/mol. The zero-order valence-corrected chi connectivity index (χ0v) is 16.5. The zero-order chi connectivity index (χ0) is 19.2. The predicted octanol–water partition coefficient (Wildman–Crippen LogP) is 2.54. The highest BCUT2D eigenvalue weighted by atomic mass is 32.2. The van der Waals surface area contributed by atoms with Crippen LogP contribution < -0.4 is 10.6 Å². The van der Waals surface area contributed by atoms with Crippen LogP contribution in [0.4, 0.5) is 13.9 Å². The van der Waals surface area contributed by atoms with E-state index >= 15 is 0 Å². The molecule has 3 heterocycles. The normalized spacial score (nSPS) is 30.3. The standard InChI is InChI=1S/C17H22F2N4O2S2/c1-9-14(27-13(6-24)20-9)12-7-26-16(21-12)22-15(25)10-4-11(5-10)23-3-2-17(18,19)8-23/h7,10-11,13,20,24H,2-6,8H2,1H3,(H,21,22,25). The van der Waals surface area contributed by atoms with Crippen molar-refractivity contribution in [2.24, 2.45) is 5.92 Å². The van der Waals surface area contributed by atoms with E-state index in [2.05, 4.69) is 15.6 Å².